The van der Waals surface area contributed by atoms with Gasteiger partial charge in [-0.1, -0.05) is 15.9 Å². The van der Waals surface area contributed by atoms with Gasteiger partial charge in [-0.3, -0.25) is 9.69 Å². The number of likely N-dealkylation sites (tertiary alicyclic amines) is 1. The predicted octanol–water partition coefficient (Wildman–Crippen LogP) is 4.15. The molecule has 0 saturated carbocycles. The van der Waals surface area contributed by atoms with Crippen LogP contribution in [0.5, 0.6) is 0 Å². The summed E-state index contributed by atoms with van der Waals surface area (Å²) in [4.78, 5) is 13.2. The molecule has 2 atom stereocenters. The maximum absolute atomic E-state index is 12.9. The number of carbonyl (C=O) groups is 1. The molecule has 1 fully saturated rings. The van der Waals surface area contributed by atoms with E-state index in [0.717, 1.165) is 18.6 Å². The van der Waals surface area contributed by atoms with Gasteiger partial charge in [-0.2, -0.15) is 13.2 Å². The van der Waals surface area contributed by atoms with Crippen molar-refractivity contribution in [1.82, 2.24) is 4.90 Å². The lowest BCUT2D eigenvalue weighted by Crippen LogP contribution is -2.45. The van der Waals surface area contributed by atoms with Gasteiger partial charge in [-0.05, 0) is 50.1 Å². The van der Waals surface area contributed by atoms with Crippen molar-refractivity contribution in [3.8, 4) is 0 Å². The highest BCUT2D eigenvalue weighted by Gasteiger charge is 2.34. The van der Waals surface area contributed by atoms with E-state index in [1.807, 2.05) is 11.8 Å². The van der Waals surface area contributed by atoms with E-state index in [1.165, 1.54) is 0 Å². The molecule has 0 unspecified atom stereocenters. The molecule has 7 heteroatoms. The number of carboxylic acids is 1. The molecule has 1 aliphatic rings. The zero-order chi connectivity index (χ0) is 16.5. The fraction of sp³-hybridized carbons (Fsp3) is 0.533. The van der Waals surface area contributed by atoms with Gasteiger partial charge >= 0.3 is 12.1 Å². The molecule has 1 saturated heterocycles. The molecule has 1 aromatic rings. The van der Waals surface area contributed by atoms with Gasteiger partial charge in [0, 0.05) is 17.1 Å². The van der Waals surface area contributed by atoms with Crippen LogP contribution in [0, 0.1) is 5.92 Å². The second-order valence-corrected chi connectivity index (χ2v) is 6.56. The minimum Gasteiger partial charge on any atom is -0.481 e. The van der Waals surface area contributed by atoms with Crippen molar-refractivity contribution in [3.05, 3.63) is 33.8 Å². The summed E-state index contributed by atoms with van der Waals surface area (Å²) in [5.74, 6) is -1.31. The Kier molecular flexibility index (Phi) is 5.17. The number of aliphatic carboxylic acids is 1. The number of rotatable bonds is 3. The molecular formula is C15H17BrF3NO2. The van der Waals surface area contributed by atoms with Crippen LogP contribution in [0.2, 0.25) is 0 Å². The lowest BCUT2D eigenvalue weighted by atomic mass is 9.90. The minimum absolute atomic E-state index is 0.195. The van der Waals surface area contributed by atoms with E-state index in [9.17, 15) is 23.1 Å². The van der Waals surface area contributed by atoms with Crippen LogP contribution in [-0.4, -0.2) is 28.6 Å². The van der Waals surface area contributed by atoms with Crippen molar-refractivity contribution in [2.24, 2.45) is 5.92 Å². The van der Waals surface area contributed by atoms with Crippen molar-refractivity contribution in [2.45, 2.75) is 38.5 Å². The van der Waals surface area contributed by atoms with Crippen LogP contribution in [0.25, 0.3) is 0 Å². The van der Waals surface area contributed by atoms with Crippen LogP contribution < -0.4 is 0 Å². The summed E-state index contributed by atoms with van der Waals surface area (Å²) in [6.07, 6.45) is -3.05. The van der Waals surface area contributed by atoms with E-state index in [0.29, 0.717) is 29.5 Å². The van der Waals surface area contributed by atoms with Crippen molar-refractivity contribution >= 4 is 21.9 Å². The summed E-state index contributed by atoms with van der Waals surface area (Å²) in [6, 6.07) is 3.62. The highest BCUT2D eigenvalue weighted by atomic mass is 79.9. The molecule has 0 bridgehead atoms. The van der Waals surface area contributed by atoms with E-state index < -0.39 is 23.6 Å². The summed E-state index contributed by atoms with van der Waals surface area (Å²) in [5, 5.41) is 9.20. The predicted molar refractivity (Wildman–Crippen MR) is 79.4 cm³/mol. The van der Waals surface area contributed by atoms with Gasteiger partial charge in [0.1, 0.15) is 0 Å². The summed E-state index contributed by atoms with van der Waals surface area (Å²) >= 11 is 3.11. The molecule has 1 N–H and O–H groups in total. The molecule has 0 spiro atoms. The zero-order valence-corrected chi connectivity index (χ0v) is 13.6. The summed E-state index contributed by atoms with van der Waals surface area (Å²) in [6.45, 7) is 2.83. The SMILES string of the molecule is C[C@@H]1[C@H](C(=O)O)CCCN1Cc1cc(Br)cc(C(F)(F)F)c1. The Morgan fingerprint density at radius 1 is 1.41 bits per heavy atom. The van der Waals surface area contributed by atoms with Crippen molar-refractivity contribution in [3.63, 3.8) is 0 Å². The summed E-state index contributed by atoms with van der Waals surface area (Å²) in [7, 11) is 0. The third kappa shape index (κ3) is 4.01. The molecule has 3 nitrogen and oxygen atoms in total. The van der Waals surface area contributed by atoms with Crippen LogP contribution in [0.1, 0.15) is 30.9 Å². The van der Waals surface area contributed by atoms with Gasteiger partial charge in [0.25, 0.3) is 0 Å². The monoisotopic (exact) mass is 379 g/mol. The number of alkyl halides is 3. The van der Waals surface area contributed by atoms with Crippen molar-refractivity contribution in [1.29, 1.82) is 0 Å². The Morgan fingerprint density at radius 3 is 2.68 bits per heavy atom. The Morgan fingerprint density at radius 2 is 2.09 bits per heavy atom. The van der Waals surface area contributed by atoms with Gasteiger partial charge < -0.3 is 5.11 Å². The maximum atomic E-state index is 12.9. The Hall–Kier alpha value is -1.08. The van der Waals surface area contributed by atoms with E-state index in [1.54, 1.807) is 6.07 Å². The normalized spacial score (nSPS) is 23.5. The summed E-state index contributed by atoms with van der Waals surface area (Å²) in [5.41, 5.74) is -0.170. The average molecular weight is 380 g/mol. The molecule has 0 amide bonds. The topological polar surface area (TPSA) is 40.5 Å². The highest BCUT2D eigenvalue weighted by Crippen LogP contribution is 2.33. The van der Waals surface area contributed by atoms with Gasteiger partial charge in [-0.15, -0.1) is 0 Å². The van der Waals surface area contributed by atoms with Crippen molar-refractivity contribution in [2.75, 3.05) is 6.54 Å². The molecule has 2 rings (SSSR count). The van der Waals surface area contributed by atoms with Crippen LogP contribution in [0.4, 0.5) is 13.2 Å². The van der Waals surface area contributed by atoms with Gasteiger partial charge in [0.05, 0.1) is 11.5 Å². The third-order valence-corrected chi connectivity index (χ3v) is 4.56. The van der Waals surface area contributed by atoms with Crippen molar-refractivity contribution < 1.29 is 23.1 Å². The molecule has 22 heavy (non-hydrogen) atoms. The largest absolute Gasteiger partial charge is 0.481 e. The number of piperidine rings is 1. The van der Waals surface area contributed by atoms with E-state index in [2.05, 4.69) is 15.9 Å². The molecule has 1 aliphatic heterocycles. The molecular weight excluding hydrogens is 363 g/mol. The van der Waals surface area contributed by atoms with Crippen LogP contribution in [0.15, 0.2) is 22.7 Å². The van der Waals surface area contributed by atoms with Crippen LogP contribution in [0.3, 0.4) is 0 Å². The lowest BCUT2D eigenvalue weighted by molar-refractivity contribution is -0.145. The molecule has 0 aliphatic carbocycles. The average Bonchev–Trinajstić information content (AvgIpc) is 2.39. The second kappa shape index (κ2) is 6.58. The fourth-order valence-corrected chi connectivity index (χ4v) is 3.45. The Labute approximate surface area is 135 Å². The number of hydrogen-bond acceptors (Lipinski definition) is 2. The first kappa shape index (κ1) is 17.3. The van der Waals surface area contributed by atoms with Crippen LogP contribution in [-0.2, 0) is 17.5 Å². The number of halogens is 4. The third-order valence-electron chi connectivity index (χ3n) is 4.11. The number of hydrogen-bond donors (Lipinski definition) is 1. The first-order chi connectivity index (χ1) is 10.2. The first-order valence-corrected chi connectivity index (χ1v) is 7.81. The second-order valence-electron chi connectivity index (χ2n) is 5.64. The molecule has 0 aromatic heterocycles. The number of nitrogens with zero attached hydrogens (tertiary/aromatic N) is 1. The van der Waals surface area contributed by atoms with Gasteiger partial charge in [0.2, 0.25) is 0 Å². The van der Waals surface area contributed by atoms with E-state index in [-0.39, 0.29) is 6.04 Å². The molecule has 1 aromatic carbocycles. The summed E-state index contributed by atoms with van der Waals surface area (Å²) < 4.78 is 38.9. The lowest BCUT2D eigenvalue weighted by Gasteiger charge is -2.37. The first-order valence-electron chi connectivity index (χ1n) is 7.02. The number of carboxylic acid groups (broad SMARTS) is 1. The molecule has 122 valence electrons. The van der Waals surface area contributed by atoms with E-state index in [4.69, 9.17) is 0 Å². The maximum Gasteiger partial charge on any atom is 0.416 e. The van der Waals surface area contributed by atoms with E-state index >= 15 is 0 Å². The minimum atomic E-state index is -4.39. The Bertz CT molecular complexity index is 562. The quantitative estimate of drug-likeness (QED) is 0.857. The smallest absolute Gasteiger partial charge is 0.416 e. The van der Waals surface area contributed by atoms with Crippen LogP contribution >= 0.6 is 15.9 Å². The number of benzene rings is 1. The Balaban J connectivity index is 2.19. The zero-order valence-electron chi connectivity index (χ0n) is 12.0. The molecule has 1 heterocycles. The fourth-order valence-electron chi connectivity index (χ4n) is 2.91. The van der Waals surface area contributed by atoms with Gasteiger partial charge in [-0.25, -0.2) is 0 Å². The highest BCUT2D eigenvalue weighted by molar-refractivity contribution is 9.10. The standard InChI is InChI=1S/C15H17BrF3NO2/c1-9-13(14(21)22)3-2-4-20(9)8-10-5-11(15(17,18)19)7-12(16)6-10/h5-7,9,13H,2-4,8H2,1H3,(H,21,22)/t9-,13-/m1/s1. The molecule has 0 radical (unpaired) electrons. The van der Waals surface area contributed by atoms with Gasteiger partial charge in [0.15, 0.2) is 0 Å².